The van der Waals surface area contributed by atoms with E-state index in [0.29, 0.717) is 11.4 Å². The minimum atomic E-state index is -0.169. The number of nitrogens with one attached hydrogen (secondary N) is 2. The van der Waals surface area contributed by atoms with E-state index in [0.717, 1.165) is 16.8 Å². The van der Waals surface area contributed by atoms with Crippen LogP contribution in [0.4, 0.5) is 11.4 Å². The number of rotatable bonds is 7. The Morgan fingerprint density at radius 1 is 0.964 bits per heavy atom. The molecule has 0 saturated carbocycles. The lowest BCUT2D eigenvalue weighted by Gasteiger charge is -2.21. The van der Waals surface area contributed by atoms with Crippen LogP contribution in [0.5, 0.6) is 5.75 Å². The number of amides is 2. The maximum atomic E-state index is 12.3. The predicted molar refractivity (Wildman–Crippen MR) is 117 cm³/mol. The molecule has 0 fully saturated rings. The zero-order valence-corrected chi connectivity index (χ0v) is 17.9. The Morgan fingerprint density at radius 2 is 1.57 bits per heavy atom. The molecular formula is C22H28N2O3S. The van der Waals surface area contributed by atoms with E-state index in [1.165, 1.54) is 11.8 Å². The first-order valence-electron chi connectivity index (χ1n) is 9.11. The van der Waals surface area contributed by atoms with Gasteiger partial charge < -0.3 is 15.4 Å². The zero-order chi connectivity index (χ0) is 20.7. The van der Waals surface area contributed by atoms with Gasteiger partial charge >= 0.3 is 0 Å². The molecule has 0 saturated heterocycles. The van der Waals surface area contributed by atoms with Crippen LogP contribution in [-0.4, -0.2) is 30.4 Å². The van der Waals surface area contributed by atoms with Gasteiger partial charge in [-0.1, -0.05) is 44.5 Å². The molecule has 28 heavy (non-hydrogen) atoms. The number of methoxy groups -OCH3 is 1. The Balaban J connectivity index is 1.86. The predicted octanol–water partition coefficient (Wildman–Crippen LogP) is 4.61. The fourth-order valence-corrected chi connectivity index (χ4v) is 3.15. The first-order valence-corrected chi connectivity index (χ1v) is 10.3. The Labute approximate surface area is 171 Å². The first-order chi connectivity index (χ1) is 13.2. The summed E-state index contributed by atoms with van der Waals surface area (Å²) in [6, 6.07) is 13.4. The molecule has 0 aromatic heterocycles. The lowest BCUT2D eigenvalue weighted by atomic mass is 9.87. The standard InChI is InChI=1S/C22H28N2O3S/c1-15-6-9-17(10-7-15)23-20(25)13-28-14-21(26)24-18-12-16(22(2,3)4)8-11-19(18)27-5/h6-12H,13-14H2,1-5H3,(H,23,25)(H,24,26). The lowest BCUT2D eigenvalue weighted by Crippen LogP contribution is -2.19. The highest BCUT2D eigenvalue weighted by Crippen LogP contribution is 2.31. The van der Waals surface area contributed by atoms with E-state index >= 15 is 0 Å². The van der Waals surface area contributed by atoms with Gasteiger partial charge in [-0.3, -0.25) is 9.59 Å². The number of carbonyl (C=O) groups is 2. The van der Waals surface area contributed by atoms with Crippen molar-refractivity contribution in [1.29, 1.82) is 0 Å². The van der Waals surface area contributed by atoms with E-state index < -0.39 is 0 Å². The third-order valence-corrected chi connectivity index (χ3v) is 5.07. The molecule has 0 spiro atoms. The van der Waals surface area contributed by atoms with Crippen LogP contribution < -0.4 is 15.4 Å². The molecule has 2 aromatic carbocycles. The summed E-state index contributed by atoms with van der Waals surface area (Å²) in [6.45, 7) is 8.33. The molecular weight excluding hydrogens is 372 g/mol. The highest BCUT2D eigenvalue weighted by atomic mass is 32.2. The van der Waals surface area contributed by atoms with Crippen molar-refractivity contribution in [3.8, 4) is 5.75 Å². The summed E-state index contributed by atoms with van der Waals surface area (Å²) >= 11 is 1.27. The van der Waals surface area contributed by atoms with Gasteiger partial charge in [0.1, 0.15) is 5.75 Å². The summed E-state index contributed by atoms with van der Waals surface area (Å²) < 4.78 is 5.35. The zero-order valence-electron chi connectivity index (χ0n) is 17.1. The van der Waals surface area contributed by atoms with Gasteiger partial charge in [-0.15, -0.1) is 11.8 Å². The van der Waals surface area contributed by atoms with Crippen molar-refractivity contribution in [2.45, 2.75) is 33.1 Å². The van der Waals surface area contributed by atoms with Crippen LogP contribution in [0.2, 0.25) is 0 Å². The molecule has 2 aromatic rings. The highest BCUT2D eigenvalue weighted by molar-refractivity contribution is 8.00. The topological polar surface area (TPSA) is 67.4 Å². The summed E-state index contributed by atoms with van der Waals surface area (Å²) in [5.41, 5.74) is 3.60. The van der Waals surface area contributed by atoms with Gasteiger partial charge in [0.2, 0.25) is 11.8 Å². The number of hydrogen-bond donors (Lipinski definition) is 2. The molecule has 2 rings (SSSR count). The summed E-state index contributed by atoms with van der Waals surface area (Å²) in [5, 5.41) is 5.71. The van der Waals surface area contributed by atoms with Crippen LogP contribution in [-0.2, 0) is 15.0 Å². The number of carbonyl (C=O) groups excluding carboxylic acids is 2. The smallest absolute Gasteiger partial charge is 0.234 e. The van der Waals surface area contributed by atoms with Gasteiger partial charge in [-0.2, -0.15) is 0 Å². The first kappa shape index (κ1) is 21.8. The minimum Gasteiger partial charge on any atom is -0.495 e. The molecule has 0 aliphatic rings. The van der Waals surface area contributed by atoms with Crippen molar-refractivity contribution in [2.75, 3.05) is 29.2 Å². The van der Waals surface area contributed by atoms with Crippen LogP contribution in [0.15, 0.2) is 42.5 Å². The second-order valence-corrected chi connectivity index (χ2v) is 8.61. The molecule has 2 amide bonds. The maximum Gasteiger partial charge on any atom is 0.234 e. The van der Waals surface area contributed by atoms with Crippen molar-refractivity contribution in [1.82, 2.24) is 0 Å². The highest BCUT2D eigenvalue weighted by Gasteiger charge is 2.17. The molecule has 0 radical (unpaired) electrons. The van der Waals surface area contributed by atoms with Crippen molar-refractivity contribution >= 4 is 35.0 Å². The van der Waals surface area contributed by atoms with Crippen molar-refractivity contribution < 1.29 is 14.3 Å². The Hall–Kier alpha value is -2.47. The van der Waals surface area contributed by atoms with Crippen molar-refractivity contribution in [3.63, 3.8) is 0 Å². The second kappa shape index (κ2) is 9.64. The quantitative estimate of drug-likeness (QED) is 0.712. The number of anilines is 2. The fourth-order valence-electron chi connectivity index (χ4n) is 2.53. The average molecular weight is 401 g/mol. The normalized spacial score (nSPS) is 11.0. The fraction of sp³-hybridized carbons (Fsp3) is 0.364. The van der Waals surface area contributed by atoms with Crippen LogP contribution in [0, 0.1) is 6.92 Å². The van der Waals surface area contributed by atoms with Crippen LogP contribution in [0.25, 0.3) is 0 Å². The van der Waals surface area contributed by atoms with Crippen LogP contribution >= 0.6 is 11.8 Å². The molecule has 0 aliphatic heterocycles. The largest absolute Gasteiger partial charge is 0.495 e. The molecule has 0 aliphatic carbocycles. The molecule has 6 heteroatoms. The summed E-state index contributed by atoms with van der Waals surface area (Å²) in [6.07, 6.45) is 0. The summed E-state index contributed by atoms with van der Waals surface area (Å²) in [4.78, 5) is 24.3. The van der Waals surface area contributed by atoms with E-state index in [1.54, 1.807) is 7.11 Å². The van der Waals surface area contributed by atoms with E-state index in [9.17, 15) is 9.59 Å². The molecule has 2 N–H and O–H groups in total. The third-order valence-electron chi connectivity index (χ3n) is 4.14. The second-order valence-electron chi connectivity index (χ2n) is 7.62. The Morgan fingerprint density at radius 3 is 2.14 bits per heavy atom. The number of ether oxygens (including phenoxy) is 1. The van der Waals surface area contributed by atoms with E-state index in [2.05, 4.69) is 31.4 Å². The molecule has 0 atom stereocenters. The summed E-state index contributed by atoms with van der Waals surface area (Å²) in [5.74, 6) is 0.708. The monoisotopic (exact) mass is 400 g/mol. The molecule has 0 unspecified atom stereocenters. The van der Waals surface area contributed by atoms with Crippen LogP contribution in [0.1, 0.15) is 31.9 Å². The maximum absolute atomic E-state index is 12.3. The van der Waals surface area contributed by atoms with E-state index in [-0.39, 0.29) is 28.7 Å². The molecule has 5 nitrogen and oxygen atoms in total. The van der Waals surface area contributed by atoms with Gasteiger partial charge in [-0.25, -0.2) is 0 Å². The SMILES string of the molecule is COc1ccc(C(C)(C)C)cc1NC(=O)CSCC(=O)Nc1ccc(C)cc1. The van der Waals surface area contributed by atoms with Gasteiger partial charge in [-0.05, 0) is 42.2 Å². The number of benzene rings is 2. The molecule has 150 valence electrons. The van der Waals surface area contributed by atoms with Crippen molar-refractivity contribution in [3.05, 3.63) is 53.6 Å². The lowest BCUT2D eigenvalue weighted by molar-refractivity contribution is -0.114. The Bertz CT molecular complexity index is 827. The van der Waals surface area contributed by atoms with Crippen molar-refractivity contribution in [2.24, 2.45) is 0 Å². The van der Waals surface area contributed by atoms with Gasteiger partial charge in [0.15, 0.2) is 0 Å². The average Bonchev–Trinajstić information content (AvgIpc) is 2.63. The van der Waals surface area contributed by atoms with E-state index in [4.69, 9.17) is 4.74 Å². The van der Waals surface area contributed by atoms with Crippen LogP contribution in [0.3, 0.4) is 0 Å². The third kappa shape index (κ3) is 6.60. The van der Waals surface area contributed by atoms with E-state index in [1.807, 2.05) is 49.4 Å². The van der Waals surface area contributed by atoms with Gasteiger partial charge in [0.25, 0.3) is 0 Å². The molecule has 0 bridgehead atoms. The number of thioether (sulfide) groups is 1. The van der Waals surface area contributed by atoms with Gasteiger partial charge in [0, 0.05) is 5.69 Å². The van der Waals surface area contributed by atoms with Gasteiger partial charge in [0.05, 0.1) is 24.3 Å². The number of aryl methyl sites for hydroxylation is 1. The summed E-state index contributed by atoms with van der Waals surface area (Å²) in [7, 11) is 1.58. The Kier molecular flexibility index (Phi) is 7.52. The number of hydrogen-bond acceptors (Lipinski definition) is 4. The minimum absolute atomic E-state index is 0.0332. The molecule has 0 heterocycles.